The van der Waals surface area contributed by atoms with E-state index in [1.165, 1.54) is 0 Å². The van der Waals surface area contributed by atoms with Crippen LogP contribution >= 0.6 is 0 Å². The Hall–Kier alpha value is -1.18. The molecule has 1 saturated carbocycles. The molecule has 1 aromatic heterocycles. The fraction of sp³-hybridized carbons (Fsp3) is 0.667. The number of piperidine rings is 1. The summed E-state index contributed by atoms with van der Waals surface area (Å²) in [5.41, 5.74) is 1.02. The molecule has 0 spiro atoms. The first-order valence-electron chi connectivity index (χ1n) is 7.83. The van der Waals surface area contributed by atoms with E-state index in [1.54, 1.807) is 23.9 Å². The molecule has 2 aliphatic rings. The first-order valence-corrected chi connectivity index (χ1v) is 9.38. The molecule has 1 saturated heterocycles. The second-order valence-corrected chi connectivity index (χ2v) is 8.39. The molecular formula is C15H23N3O3S. The summed E-state index contributed by atoms with van der Waals surface area (Å²) in [4.78, 5) is 13.9. The van der Waals surface area contributed by atoms with Crippen molar-refractivity contribution in [2.75, 3.05) is 13.1 Å². The first kappa shape index (κ1) is 15.7. The molecule has 1 aromatic rings. The van der Waals surface area contributed by atoms with Gasteiger partial charge in [-0.15, -0.1) is 0 Å². The van der Waals surface area contributed by atoms with Crippen molar-refractivity contribution in [3.63, 3.8) is 0 Å². The van der Waals surface area contributed by atoms with Crippen LogP contribution in [0.1, 0.15) is 31.2 Å². The molecule has 1 N–H and O–H groups in total. The summed E-state index contributed by atoms with van der Waals surface area (Å²) in [5, 5.41) is -0.147. The fourth-order valence-electron chi connectivity index (χ4n) is 2.86. The van der Waals surface area contributed by atoms with Crippen molar-refractivity contribution in [2.45, 2.75) is 43.5 Å². The Labute approximate surface area is 131 Å². The third kappa shape index (κ3) is 3.77. The van der Waals surface area contributed by atoms with Crippen molar-refractivity contribution < 1.29 is 8.42 Å². The molecule has 3 rings (SSSR count). The fourth-order valence-corrected chi connectivity index (χ4v) is 4.51. The average molecular weight is 325 g/mol. The Bertz CT molecular complexity index is 686. The van der Waals surface area contributed by atoms with Gasteiger partial charge in [0.2, 0.25) is 10.0 Å². The summed E-state index contributed by atoms with van der Waals surface area (Å²) in [6, 6.07) is 3.69. The SMILES string of the molecule is Cn1ccc(CN2CCC(NS(=O)(=O)C3CC3)CC2)cc1=O. The van der Waals surface area contributed by atoms with E-state index in [0.29, 0.717) is 0 Å². The van der Waals surface area contributed by atoms with E-state index in [-0.39, 0.29) is 16.9 Å². The van der Waals surface area contributed by atoms with Crippen LogP contribution < -0.4 is 10.3 Å². The molecule has 0 amide bonds. The minimum Gasteiger partial charge on any atom is -0.319 e. The third-order valence-corrected chi connectivity index (χ3v) is 6.47. The number of hydrogen-bond donors (Lipinski definition) is 1. The highest BCUT2D eigenvalue weighted by Gasteiger charge is 2.37. The maximum Gasteiger partial charge on any atom is 0.250 e. The number of sulfonamides is 1. The topological polar surface area (TPSA) is 71.4 Å². The molecular weight excluding hydrogens is 302 g/mol. The Balaban J connectivity index is 1.51. The zero-order valence-electron chi connectivity index (χ0n) is 12.9. The standard InChI is InChI=1S/C15H23N3O3S/c1-17-7-4-12(10-15(17)19)11-18-8-5-13(6-9-18)16-22(20,21)14-2-3-14/h4,7,10,13-14,16H,2-3,5-6,8-9,11H2,1H3. The van der Waals surface area contributed by atoms with E-state index >= 15 is 0 Å². The summed E-state index contributed by atoms with van der Waals surface area (Å²) in [6.45, 7) is 2.46. The molecule has 6 nitrogen and oxygen atoms in total. The number of aromatic nitrogens is 1. The van der Waals surface area contributed by atoms with Crippen molar-refractivity contribution in [2.24, 2.45) is 7.05 Å². The number of pyridine rings is 1. The van der Waals surface area contributed by atoms with E-state index < -0.39 is 10.0 Å². The van der Waals surface area contributed by atoms with Crippen molar-refractivity contribution in [1.29, 1.82) is 0 Å². The second kappa shape index (κ2) is 6.14. The molecule has 22 heavy (non-hydrogen) atoms. The van der Waals surface area contributed by atoms with Gasteiger partial charge >= 0.3 is 0 Å². The molecule has 1 aliphatic carbocycles. The number of rotatable bonds is 5. The second-order valence-electron chi connectivity index (χ2n) is 6.40. The highest BCUT2D eigenvalue weighted by Crippen LogP contribution is 2.28. The number of nitrogens with zero attached hydrogens (tertiary/aromatic N) is 2. The van der Waals surface area contributed by atoms with Gasteiger partial charge in [-0.3, -0.25) is 9.69 Å². The summed E-state index contributed by atoms with van der Waals surface area (Å²) in [6.07, 6.45) is 5.05. The van der Waals surface area contributed by atoms with Crippen LogP contribution in [0.3, 0.4) is 0 Å². The van der Waals surface area contributed by atoms with Gasteiger partial charge in [0.25, 0.3) is 5.56 Å². The van der Waals surface area contributed by atoms with Crippen molar-refractivity contribution in [3.8, 4) is 0 Å². The summed E-state index contributed by atoms with van der Waals surface area (Å²) in [7, 11) is -1.35. The minimum atomic E-state index is -3.09. The predicted octanol–water partition coefficient (Wildman–Crippen LogP) is 0.431. The van der Waals surface area contributed by atoms with Gasteiger partial charge in [0, 0.05) is 45.0 Å². The molecule has 0 aromatic carbocycles. The number of nitrogens with one attached hydrogen (secondary N) is 1. The van der Waals surface area contributed by atoms with Gasteiger partial charge in [-0.25, -0.2) is 13.1 Å². The van der Waals surface area contributed by atoms with Crippen molar-refractivity contribution >= 4 is 10.0 Å². The molecule has 0 bridgehead atoms. The van der Waals surface area contributed by atoms with Crippen molar-refractivity contribution in [3.05, 3.63) is 34.2 Å². The largest absolute Gasteiger partial charge is 0.319 e. The quantitative estimate of drug-likeness (QED) is 0.852. The van der Waals surface area contributed by atoms with Crippen LogP contribution in [0.25, 0.3) is 0 Å². The van der Waals surface area contributed by atoms with E-state index in [1.807, 2.05) is 6.07 Å². The lowest BCUT2D eigenvalue weighted by molar-refractivity contribution is 0.200. The van der Waals surface area contributed by atoms with Crippen LogP contribution in [0, 0.1) is 0 Å². The van der Waals surface area contributed by atoms with E-state index in [2.05, 4.69) is 9.62 Å². The van der Waals surface area contributed by atoms with Crippen LogP contribution in [0.2, 0.25) is 0 Å². The van der Waals surface area contributed by atoms with Gasteiger partial charge in [0.15, 0.2) is 0 Å². The Kier molecular flexibility index (Phi) is 4.38. The minimum absolute atomic E-state index is 0.00424. The lowest BCUT2D eigenvalue weighted by atomic mass is 10.1. The predicted molar refractivity (Wildman–Crippen MR) is 85.1 cm³/mol. The van der Waals surface area contributed by atoms with Gasteiger partial charge in [-0.05, 0) is 37.3 Å². The maximum absolute atomic E-state index is 11.9. The molecule has 1 aliphatic heterocycles. The Morgan fingerprint density at radius 3 is 2.50 bits per heavy atom. The number of hydrogen-bond acceptors (Lipinski definition) is 4. The van der Waals surface area contributed by atoms with Gasteiger partial charge in [0.1, 0.15) is 0 Å². The van der Waals surface area contributed by atoms with Crippen LogP contribution in [0.4, 0.5) is 0 Å². The summed E-state index contributed by atoms with van der Waals surface area (Å²) < 4.78 is 28.3. The number of likely N-dealkylation sites (tertiary alicyclic amines) is 1. The summed E-state index contributed by atoms with van der Waals surface area (Å²) >= 11 is 0. The number of aryl methyl sites for hydroxylation is 1. The van der Waals surface area contributed by atoms with Crippen molar-refractivity contribution in [1.82, 2.24) is 14.2 Å². The normalized spacial score (nSPS) is 21.1. The van der Waals surface area contributed by atoms with Crippen LogP contribution in [-0.4, -0.2) is 42.3 Å². The maximum atomic E-state index is 11.9. The van der Waals surface area contributed by atoms with Gasteiger partial charge in [-0.2, -0.15) is 0 Å². The molecule has 0 radical (unpaired) electrons. The zero-order chi connectivity index (χ0) is 15.7. The Morgan fingerprint density at radius 1 is 1.23 bits per heavy atom. The Morgan fingerprint density at radius 2 is 1.91 bits per heavy atom. The average Bonchev–Trinajstić information content (AvgIpc) is 3.30. The first-order chi connectivity index (χ1) is 10.4. The molecule has 2 fully saturated rings. The monoisotopic (exact) mass is 325 g/mol. The van der Waals surface area contributed by atoms with E-state index in [0.717, 1.165) is 50.9 Å². The van der Waals surface area contributed by atoms with Gasteiger partial charge in [-0.1, -0.05) is 0 Å². The van der Waals surface area contributed by atoms with E-state index in [9.17, 15) is 13.2 Å². The molecule has 7 heteroatoms. The highest BCUT2D eigenvalue weighted by atomic mass is 32.2. The lowest BCUT2D eigenvalue weighted by Gasteiger charge is -2.32. The lowest BCUT2D eigenvalue weighted by Crippen LogP contribution is -2.45. The van der Waals surface area contributed by atoms with Crippen LogP contribution in [-0.2, 0) is 23.6 Å². The molecule has 0 unspecified atom stereocenters. The van der Waals surface area contributed by atoms with Crippen LogP contribution in [0.5, 0.6) is 0 Å². The molecule has 2 heterocycles. The zero-order valence-corrected chi connectivity index (χ0v) is 13.7. The van der Waals surface area contributed by atoms with Gasteiger partial charge < -0.3 is 4.57 Å². The smallest absolute Gasteiger partial charge is 0.250 e. The third-order valence-electron chi connectivity index (χ3n) is 4.46. The molecule has 0 atom stereocenters. The van der Waals surface area contributed by atoms with Gasteiger partial charge in [0.05, 0.1) is 5.25 Å². The highest BCUT2D eigenvalue weighted by molar-refractivity contribution is 7.90. The van der Waals surface area contributed by atoms with E-state index in [4.69, 9.17) is 0 Å². The summed E-state index contributed by atoms with van der Waals surface area (Å²) in [5.74, 6) is 0. The van der Waals surface area contributed by atoms with Crippen LogP contribution in [0.15, 0.2) is 23.1 Å². The molecule has 122 valence electrons.